The molecule has 0 aliphatic rings. The number of hydrogen-bond acceptors (Lipinski definition) is 3. The smallest absolute Gasteiger partial charge is 0.0925 e. The van der Waals surface area contributed by atoms with E-state index in [1.54, 1.807) is 6.33 Å². The third-order valence-electron chi connectivity index (χ3n) is 2.12. The summed E-state index contributed by atoms with van der Waals surface area (Å²) in [6.07, 6.45) is 1.75. The Balaban J connectivity index is 2.23. The van der Waals surface area contributed by atoms with Crippen molar-refractivity contribution >= 4 is 11.8 Å². The maximum Gasteiger partial charge on any atom is 0.0925 e. The Bertz CT molecular complexity index is 260. The summed E-state index contributed by atoms with van der Waals surface area (Å²) in [5, 5.41) is 3.46. The maximum atomic E-state index is 4.24. The molecule has 0 aliphatic heterocycles. The van der Waals surface area contributed by atoms with Crippen molar-refractivity contribution in [3.8, 4) is 0 Å². The second kappa shape index (κ2) is 6.09. The van der Waals surface area contributed by atoms with E-state index in [4.69, 9.17) is 0 Å². The van der Waals surface area contributed by atoms with Crippen molar-refractivity contribution in [1.82, 2.24) is 15.3 Å². The van der Waals surface area contributed by atoms with Crippen LogP contribution in [0, 0.1) is 6.92 Å². The predicted molar refractivity (Wildman–Crippen MR) is 62.6 cm³/mol. The second-order valence-corrected chi connectivity index (χ2v) is 4.73. The van der Waals surface area contributed by atoms with Gasteiger partial charge in [0.1, 0.15) is 0 Å². The van der Waals surface area contributed by atoms with Crippen molar-refractivity contribution in [2.45, 2.75) is 33.4 Å². The van der Waals surface area contributed by atoms with Gasteiger partial charge < -0.3 is 10.3 Å². The lowest BCUT2D eigenvalue weighted by Crippen LogP contribution is -2.28. The zero-order valence-electron chi connectivity index (χ0n) is 9.13. The van der Waals surface area contributed by atoms with E-state index < -0.39 is 0 Å². The molecule has 0 bridgehead atoms. The van der Waals surface area contributed by atoms with E-state index in [-0.39, 0.29) is 0 Å². The summed E-state index contributed by atoms with van der Waals surface area (Å²) in [6, 6.07) is 0.552. The number of hydrogen-bond donors (Lipinski definition) is 2. The average molecular weight is 213 g/mol. The molecule has 1 heterocycles. The first-order valence-electron chi connectivity index (χ1n) is 5.04. The zero-order chi connectivity index (χ0) is 10.4. The number of H-pyrrole nitrogens is 1. The largest absolute Gasteiger partial charge is 0.348 e. The molecule has 1 rings (SSSR count). The van der Waals surface area contributed by atoms with E-state index >= 15 is 0 Å². The van der Waals surface area contributed by atoms with Crippen LogP contribution < -0.4 is 5.32 Å². The molecule has 0 spiro atoms. The molecule has 0 aromatic carbocycles. The van der Waals surface area contributed by atoms with Crippen molar-refractivity contribution < 1.29 is 0 Å². The number of imidazole rings is 1. The Morgan fingerprint density at radius 2 is 2.43 bits per heavy atom. The van der Waals surface area contributed by atoms with Crippen molar-refractivity contribution in [2.24, 2.45) is 0 Å². The molecule has 3 nitrogen and oxygen atoms in total. The van der Waals surface area contributed by atoms with Crippen LogP contribution in [0.15, 0.2) is 6.33 Å². The van der Waals surface area contributed by atoms with E-state index in [2.05, 4.69) is 36.1 Å². The minimum absolute atomic E-state index is 0.552. The quantitative estimate of drug-likeness (QED) is 0.759. The third-order valence-corrected chi connectivity index (χ3v) is 3.27. The molecule has 0 saturated heterocycles. The fourth-order valence-electron chi connectivity index (χ4n) is 1.19. The number of nitrogens with zero attached hydrogens (tertiary/aromatic N) is 1. The Labute approximate surface area is 90.1 Å². The minimum atomic E-state index is 0.552. The van der Waals surface area contributed by atoms with E-state index in [0.29, 0.717) is 6.04 Å². The van der Waals surface area contributed by atoms with Crippen LogP contribution in [-0.2, 0) is 6.54 Å². The fraction of sp³-hybridized carbons (Fsp3) is 0.700. The molecule has 14 heavy (non-hydrogen) atoms. The molecule has 0 aliphatic carbocycles. The number of thioether (sulfide) groups is 1. The molecule has 0 fully saturated rings. The molecule has 2 N–H and O–H groups in total. The first kappa shape index (κ1) is 11.6. The Morgan fingerprint density at radius 3 is 3.00 bits per heavy atom. The molecular weight excluding hydrogens is 194 g/mol. The molecule has 1 unspecified atom stereocenters. The van der Waals surface area contributed by atoms with Gasteiger partial charge in [0, 0.05) is 24.0 Å². The monoisotopic (exact) mass is 213 g/mol. The van der Waals surface area contributed by atoms with Crippen LogP contribution in [0.4, 0.5) is 0 Å². The van der Waals surface area contributed by atoms with Crippen molar-refractivity contribution in [1.29, 1.82) is 0 Å². The molecule has 0 amide bonds. The van der Waals surface area contributed by atoms with E-state index in [1.807, 2.05) is 11.8 Å². The summed E-state index contributed by atoms with van der Waals surface area (Å²) in [5.41, 5.74) is 2.28. The van der Waals surface area contributed by atoms with E-state index in [9.17, 15) is 0 Å². The molecule has 1 aromatic rings. The molecule has 1 aromatic heterocycles. The highest BCUT2D eigenvalue weighted by Crippen LogP contribution is 2.04. The van der Waals surface area contributed by atoms with Crippen LogP contribution >= 0.6 is 11.8 Å². The molecule has 1 atom stereocenters. The van der Waals surface area contributed by atoms with Gasteiger partial charge in [-0.25, -0.2) is 4.98 Å². The molecular formula is C10H19N3S. The van der Waals surface area contributed by atoms with Crippen LogP contribution in [-0.4, -0.2) is 27.5 Å². The van der Waals surface area contributed by atoms with Crippen LogP contribution in [0.1, 0.15) is 25.2 Å². The molecule has 80 valence electrons. The van der Waals surface area contributed by atoms with Gasteiger partial charge in [0.15, 0.2) is 0 Å². The SMILES string of the molecule is CCSCC(C)NCc1nc[nH]c1C. The number of aromatic nitrogens is 2. The minimum Gasteiger partial charge on any atom is -0.348 e. The second-order valence-electron chi connectivity index (χ2n) is 3.42. The van der Waals surface area contributed by atoms with Gasteiger partial charge in [-0.05, 0) is 19.6 Å². The van der Waals surface area contributed by atoms with Crippen LogP contribution in [0.3, 0.4) is 0 Å². The summed E-state index contributed by atoms with van der Waals surface area (Å²) < 4.78 is 0. The summed E-state index contributed by atoms with van der Waals surface area (Å²) in [6.45, 7) is 7.32. The van der Waals surface area contributed by atoms with Crippen molar-refractivity contribution in [3.05, 3.63) is 17.7 Å². The van der Waals surface area contributed by atoms with Gasteiger partial charge in [-0.1, -0.05) is 6.92 Å². The van der Waals surface area contributed by atoms with Gasteiger partial charge >= 0.3 is 0 Å². The van der Waals surface area contributed by atoms with Crippen molar-refractivity contribution in [2.75, 3.05) is 11.5 Å². The Morgan fingerprint density at radius 1 is 1.64 bits per heavy atom. The van der Waals surface area contributed by atoms with Crippen LogP contribution in [0.25, 0.3) is 0 Å². The maximum absolute atomic E-state index is 4.24. The normalized spacial score (nSPS) is 13.1. The van der Waals surface area contributed by atoms with E-state index in [1.165, 1.54) is 11.5 Å². The predicted octanol–water partition coefficient (Wildman–Crippen LogP) is 1.95. The summed E-state index contributed by atoms with van der Waals surface area (Å²) in [4.78, 5) is 7.32. The van der Waals surface area contributed by atoms with Gasteiger partial charge in [0.2, 0.25) is 0 Å². The van der Waals surface area contributed by atoms with Crippen molar-refractivity contribution in [3.63, 3.8) is 0 Å². The van der Waals surface area contributed by atoms with Gasteiger partial charge in [0.25, 0.3) is 0 Å². The fourth-order valence-corrected chi connectivity index (χ4v) is 1.90. The lowest BCUT2D eigenvalue weighted by Gasteiger charge is -2.11. The van der Waals surface area contributed by atoms with Gasteiger partial charge in [-0.15, -0.1) is 0 Å². The molecule has 0 saturated carbocycles. The molecule has 4 heteroatoms. The lowest BCUT2D eigenvalue weighted by atomic mass is 10.3. The summed E-state index contributed by atoms with van der Waals surface area (Å²) in [5.74, 6) is 2.35. The van der Waals surface area contributed by atoms with Gasteiger partial charge in [-0.2, -0.15) is 11.8 Å². The Hall–Kier alpha value is -0.480. The van der Waals surface area contributed by atoms with Crippen LogP contribution in [0.2, 0.25) is 0 Å². The first-order chi connectivity index (χ1) is 6.74. The number of aromatic amines is 1. The Kier molecular flexibility index (Phi) is 5.04. The standard InChI is InChI=1S/C10H19N3S/c1-4-14-6-8(2)11-5-10-9(3)12-7-13-10/h7-8,11H,4-6H2,1-3H3,(H,12,13). The topological polar surface area (TPSA) is 40.7 Å². The highest BCUT2D eigenvalue weighted by atomic mass is 32.2. The highest BCUT2D eigenvalue weighted by Gasteiger charge is 2.04. The van der Waals surface area contributed by atoms with Crippen LogP contribution in [0.5, 0.6) is 0 Å². The third kappa shape index (κ3) is 3.72. The summed E-state index contributed by atoms with van der Waals surface area (Å²) >= 11 is 1.97. The zero-order valence-corrected chi connectivity index (χ0v) is 9.95. The van der Waals surface area contributed by atoms with Gasteiger partial charge in [-0.3, -0.25) is 0 Å². The van der Waals surface area contributed by atoms with Gasteiger partial charge in [0.05, 0.1) is 12.0 Å². The number of nitrogens with one attached hydrogen (secondary N) is 2. The number of rotatable bonds is 6. The number of aryl methyl sites for hydroxylation is 1. The highest BCUT2D eigenvalue weighted by molar-refractivity contribution is 7.99. The lowest BCUT2D eigenvalue weighted by molar-refractivity contribution is 0.588. The average Bonchev–Trinajstić information content (AvgIpc) is 2.58. The first-order valence-corrected chi connectivity index (χ1v) is 6.19. The molecule has 0 radical (unpaired) electrons. The summed E-state index contributed by atoms with van der Waals surface area (Å²) in [7, 11) is 0. The van der Waals surface area contributed by atoms with E-state index in [0.717, 1.165) is 17.9 Å².